The first kappa shape index (κ1) is 13.1. The number of carbonyl (C=O) groups is 1. The lowest BCUT2D eigenvalue weighted by Crippen LogP contribution is -2.57. The zero-order valence-electron chi connectivity index (χ0n) is 11.4. The summed E-state index contributed by atoms with van der Waals surface area (Å²) in [6.45, 7) is 1.62. The van der Waals surface area contributed by atoms with Gasteiger partial charge in [0.1, 0.15) is 0 Å². The number of hydrogen-bond donors (Lipinski definition) is 1. The van der Waals surface area contributed by atoms with Gasteiger partial charge in [0.2, 0.25) is 0 Å². The summed E-state index contributed by atoms with van der Waals surface area (Å²) < 4.78 is 5.42. The van der Waals surface area contributed by atoms with Gasteiger partial charge in [-0.3, -0.25) is 4.79 Å². The molecule has 0 aromatic heterocycles. The molecule has 1 atom stereocenters. The molecular formula is C16H18N2O2. The predicted molar refractivity (Wildman–Crippen MR) is 74.1 cm³/mol. The number of ether oxygens (including phenoxy) is 1. The molecule has 1 aromatic rings. The lowest BCUT2D eigenvalue weighted by atomic mass is 9.60. The fraction of sp³-hybridized carbons (Fsp3) is 0.500. The van der Waals surface area contributed by atoms with Crippen molar-refractivity contribution in [3.8, 4) is 6.07 Å². The van der Waals surface area contributed by atoms with Gasteiger partial charge in [0, 0.05) is 24.8 Å². The third-order valence-electron chi connectivity index (χ3n) is 4.74. The number of benzene rings is 1. The monoisotopic (exact) mass is 270 g/mol. The van der Waals surface area contributed by atoms with E-state index in [4.69, 9.17) is 10.00 Å². The minimum absolute atomic E-state index is 0.0370. The minimum Gasteiger partial charge on any atom is -0.381 e. The van der Waals surface area contributed by atoms with Crippen molar-refractivity contribution in [1.82, 2.24) is 5.32 Å². The third-order valence-corrected chi connectivity index (χ3v) is 4.74. The number of nitriles is 1. The zero-order valence-corrected chi connectivity index (χ0v) is 11.4. The molecular weight excluding hydrogens is 252 g/mol. The highest BCUT2D eigenvalue weighted by atomic mass is 16.5. The molecule has 1 saturated carbocycles. The molecule has 104 valence electrons. The normalized spacial score (nSPS) is 23.6. The van der Waals surface area contributed by atoms with Crippen LogP contribution in [0.15, 0.2) is 24.3 Å². The second kappa shape index (κ2) is 5.26. The number of rotatable bonds is 2. The second-order valence-corrected chi connectivity index (χ2v) is 5.73. The van der Waals surface area contributed by atoms with Gasteiger partial charge < -0.3 is 10.1 Å². The van der Waals surface area contributed by atoms with E-state index < -0.39 is 0 Å². The molecule has 1 spiro atoms. The molecule has 4 nitrogen and oxygen atoms in total. The SMILES string of the molecule is N#Cc1ccc(C(=O)NC2CCC23CCOCC3)cc1. The lowest BCUT2D eigenvalue weighted by Gasteiger charge is -2.52. The number of amides is 1. The summed E-state index contributed by atoms with van der Waals surface area (Å²) in [5.41, 5.74) is 1.46. The second-order valence-electron chi connectivity index (χ2n) is 5.73. The van der Waals surface area contributed by atoms with Crippen molar-refractivity contribution >= 4 is 5.91 Å². The molecule has 0 bridgehead atoms. The average Bonchev–Trinajstić information content (AvgIpc) is 2.52. The van der Waals surface area contributed by atoms with Crippen LogP contribution in [0.25, 0.3) is 0 Å². The van der Waals surface area contributed by atoms with Crippen LogP contribution in [0.1, 0.15) is 41.6 Å². The molecule has 4 heteroatoms. The summed E-state index contributed by atoms with van der Waals surface area (Å²) in [5.74, 6) is -0.0370. The van der Waals surface area contributed by atoms with Gasteiger partial charge in [-0.2, -0.15) is 5.26 Å². The van der Waals surface area contributed by atoms with Crippen LogP contribution in [-0.2, 0) is 4.74 Å². The third kappa shape index (κ3) is 2.30. The van der Waals surface area contributed by atoms with Crippen molar-refractivity contribution in [2.45, 2.75) is 31.7 Å². The van der Waals surface area contributed by atoms with Gasteiger partial charge in [-0.1, -0.05) is 0 Å². The van der Waals surface area contributed by atoms with Crippen LogP contribution in [0.3, 0.4) is 0 Å². The summed E-state index contributed by atoms with van der Waals surface area (Å²) >= 11 is 0. The summed E-state index contributed by atoms with van der Waals surface area (Å²) in [6.07, 6.45) is 4.34. The summed E-state index contributed by atoms with van der Waals surface area (Å²) in [7, 11) is 0. The first-order valence-electron chi connectivity index (χ1n) is 7.12. The number of nitrogens with one attached hydrogen (secondary N) is 1. The van der Waals surface area contributed by atoms with E-state index in [1.165, 1.54) is 6.42 Å². The first-order chi connectivity index (χ1) is 9.73. The van der Waals surface area contributed by atoms with Gasteiger partial charge in [0.25, 0.3) is 5.91 Å². The Kier molecular flexibility index (Phi) is 3.45. The average molecular weight is 270 g/mol. The Balaban J connectivity index is 1.65. The smallest absolute Gasteiger partial charge is 0.251 e. The lowest BCUT2D eigenvalue weighted by molar-refractivity contribution is -0.0523. The molecule has 2 fully saturated rings. The predicted octanol–water partition coefficient (Wildman–Crippen LogP) is 2.25. The van der Waals surface area contributed by atoms with E-state index in [0.717, 1.165) is 32.5 Å². The Morgan fingerprint density at radius 2 is 1.95 bits per heavy atom. The highest BCUT2D eigenvalue weighted by molar-refractivity contribution is 5.94. The highest BCUT2D eigenvalue weighted by Gasteiger charge is 2.47. The molecule has 1 amide bonds. The minimum atomic E-state index is -0.0370. The van der Waals surface area contributed by atoms with Crippen molar-refractivity contribution in [1.29, 1.82) is 5.26 Å². The van der Waals surface area contributed by atoms with Gasteiger partial charge in [0.05, 0.1) is 11.6 Å². The number of nitrogens with zero attached hydrogens (tertiary/aromatic N) is 1. The van der Waals surface area contributed by atoms with Gasteiger partial charge in [0.15, 0.2) is 0 Å². The molecule has 2 aliphatic rings. The number of carbonyl (C=O) groups excluding carboxylic acids is 1. The van der Waals surface area contributed by atoms with Gasteiger partial charge >= 0.3 is 0 Å². The topological polar surface area (TPSA) is 62.1 Å². The van der Waals surface area contributed by atoms with E-state index in [2.05, 4.69) is 11.4 Å². The first-order valence-corrected chi connectivity index (χ1v) is 7.12. The van der Waals surface area contributed by atoms with Gasteiger partial charge in [-0.05, 0) is 55.4 Å². The van der Waals surface area contributed by atoms with Crippen LogP contribution >= 0.6 is 0 Å². The van der Waals surface area contributed by atoms with E-state index in [0.29, 0.717) is 11.1 Å². The maximum absolute atomic E-state index is 12.2. The molecule has 0 radical (unpaired) electrons. The van der Waals surface area contributed by atoms with Crippen molar-refractivity contribution < 1.29 is 9.53 Å². The van der Waals surface area contributed by atoms with E-state index >= 15 is 0 Å². The molecule has 1 heterocycles. The number of hydrogen-bond acceptors (Lipinski definition) is 3. The molecule has 1 aromatic carbocycles. The molecule has 20 heavy (non-hydrogen) atoms. The highest BCUT2D eigenvalue weighted by Crippen LogP contribution is 2.48. The Morgan fingerprint density at radius 1 is 1.25 bits per heavy atom. The largest absolute Gasteiger partial charge is 0.381 e. The van der Waals surface area contributed by atoms with Crippen molar-refractivity contribution in [2.24, 2.45) is 5.41 Å². The fourth-order valence-electron chi connectivity index (χ4n) is 3.24. The summed E-state index contributed by atoms with van der Waals surface area (Å²) in [5, 5.41) is 11.9. The van der Waals surface area contributed by atoms with Crippen molar-refractivity contribution in [2.75, 3.05) is 13.2 Å². The molecule has 1 unspecified atom stereocenters. The quantitative estimate of drug-likeness (QED) is 0.896. The maximum atomic E-state index is 12.2. The molecule has 1 saturated heterocycles. The standard InChI is InChI=1S/C16H18N2O2/c17-11-12-1-3-13(4-2-12)15(19)18-14-5-6-16(14)7-9-20-10-8-16/h1-4,14H,5-10H2,(H,18,19). The van der Waals surface area contributed by atoms with Crippen molar-refractivity contribution in [3.63, 3.8) is 0 Å². The van der Waals surface area contributed by atoms with E-state index in [9.17, 15) is 4.79 Å². The van der Waals surface area contributed by atoms with Crippen LogP contribution < -0.4 is 5.32 Å². The Morgan fingerprint density at radius 3 is 2.50 bits per heavy atom. The van der Waals surface area contributed by atoms with Gasteiger partial charge in [-0.25, -0.2) is 0 Å². The van der Waals surface area contributed by atoms with E-state index in [1.807, 2.05) is 0 Å². The van der Waals surface area contributed by atoms with Crippen LogP contribution in [0.2, 0.25) is 0 Å². The van der Waals surface area contributed by atoms with Crippen LogP contribution in [0.5, 0.6) is 0 Å². The Bertz CT molecular complexity index is 539. The summed E-state index contributed by atoms with van der Waals surface area (Å²) in [6, 6.07) is 9.11. The zero-order chi connectivity index (χ0) is 14.0. The molecule has 1 aliphatic carbocycles. The van der Waals surface area contributed by atoms with Gasteiger partial charge in [-0.15, -0.1) is 0 Å². The maximum Gasteiger partial charge on any atom is 0.251 e. The van der Waals surface area contributed by atoms with Crippen LogP contribution in [0.4, 0.5) is 0 Å². The Labute approximate surface area is 118 Å². The molecule has 3 rings (SSSR count). The fourth-order valence-corrected chi connectivity index (χ4v) is 3.24. The van der Waals surface area contributed by atoms with Crippen molar-refractivity contribution in [3.05, 3.63) is 35.4 Å². The molecule has 1 aliphatic heterocycles. The Hall–Kier alpha value is -1.86. The van der Waals surface area contributed by atoms with E-state index in [-0.39, 0.29) is 17.4 Å². The van der Waals surface area contributed by atoms with E-state index in [1.54, 1.807) is 24.3 Å². The van der Waals surface area contributed by atoms with Crippen LogP contribution in [-0.4, -0.2) is 25.2 Å². The molecule has 1 N–H and O–H groups in total. The summed E-state index contributed by atoms with van der Waals surface area (Å²) in [4.78, 5) is 12.2. The van der Waals surface area contributed by atoms with Crippen LogP contribution in [0, 0.1) is 16.7 Å².